The van der Waals surface area contributed by atoms with E-state index < -0.39 is 0 Å². The third-order valence-electron chi connectivity index (χ3n) is 2.70. The molecule has 0 heterocycles. The van der Waals surface area contributed by atoms with Crippen molar-refractivity contribution >= 4 is 45.8 Å². The van der Waals surface area contributed by atoms with Crippen molar-refractivity contribution in [2.45, 2.75) is 40.5 Å². The maximum absolute atomic E-state index is 12.0. The van der Waals surface area contributed by atoms with Gasteiger partial charge in [0.05, 0.1) is 10.7 Å². The number of rotatable bonds is 4. The van der Waals surface area contributed by atoms with Gasteiger partial charge in [-0.3, -0.25) is 4.79 Å². The highest BCUT2D eigenvalue weighted by atomic mass is 127. The molecule has 4 heteroatoms. The highest BCUT2D eigenvalue weighted by Gasteiger charge is 2.18. The lowest BCUT2D eigenvalue weighted by Crippen LogP contribution is -2.19. The molecule has 0 fully saturated rings. The zero-order valence-corrected chi connectivity index (χ0v) is 14.8. The van der Waals surface area contributed by atoms with E-state index in [4.69, 9.17) is 11.6 Å². The fourth-order valence-corrected chi connectivity index (χ4v) is 3.13. The van der Waals surface area contributed by atoms with E-state index in [0.717, 1.165) is 9.99 Å². The van der Waals surface area contributed by atoms with Gasteiger partial charge in [-0.05, 0) is 58.5 Å². The predicted molar refractivity (Wildman–Crippen MR) is 90.7 cm³/mol. The number of hydrogen-bond donors (Lipinski definition) is 1. The fraction of sp³-hybridized carbons (Fsp3) is 0.533. The molecule has 0 spiro atoms. The standard InChI is InChI=1S/C15H21ClINO/c1-10(9-15(2,3)4)7-14(19)18-13-6-5-11(17)8-12(13)16/h5-6,8,10H,7,9H2,1-4H3,(H,18,19). The maximum atomic E-state index is 12.0. The summed E-state index contributed by atoms with van der Waals surface area (Å²) in [5.74, 6) is 0.391. The van der Waals surface area contributed by atoms with Gasteiger partial charge in [-0.15, -0.1) is 0 Å². The first kappa shape index (κ1) is 16.8. The minimum Gasteiger partial charge on any atom is -0.325 e. The molecule has 0 aliphatic rings. The van der Waals surface area contributed by atoms with Gasteiger partial charge in [-0.1, -0.05) is 39.3 Å². The zero-order valence-electron chi connectivity index (χ0n) is 11.9. The third kappa shape index (κ3) is 6.61. The second-order valence-electron chi connectivity index (χ2n) is 6.25. The Morgan fingerprint density at radius 2 is 2.05 bits per heavy atom. The molecular weight excluding hydrogens is 373 g/mol. The van der Waals surface area contributed by atoms with E-state index in [9.17, 15) is 4.79 Å². The minimum atomic E-state index is 0.0276. The van der Waals surface area contributed by atoms with E-state index in [1.807, 2.05) is 18.2 Å². The Hall–Kier alpha value is -0.290. The van der Waals surface area contributed by atoms with Crippen LogP contribution >= 0.6 is 34.2 Å². The molecule has 1 atom stereocenters. The highest BCUT2D eigenvalue weighted by Crippen LogP contribution is 2.27. The summed E-state index contributed by atoms with van der Waals surface area (Å²) in [6.07, 6.45) is 1.56. The first-order valence-corrected chi connectivity index (χ1v) is 7.88. The second-order valence-corrected chi connectivity index (χ2v) is 7.90. The summed E-state index contributed by atoms with van der Waals surface area (Å²) < 4.78 is 1.06. The lowest BCUT2D eigenvalue weighted by molar-refractivity contribution is -0.117. The van der Waals surface area contributed by atoms with Crippen LogP contribution in [0.3, 0.4) is 0 Å². The molecular formula is C15H21ClINO. The molecule has 0 saturated carbocycles. The molecule has 0 aliphatic carbocycles. The summed E-state index contributed by atoms with van der Waals surface area (Å²) in [7, 11) is 0. The molecule has 0 radical (unpaired) electrons. The number of hydrogen-bond acceptors (Lipinski definition) is 1. The largest absolute Gasteiger partial charge is 0.325 e. The lowest BCUT2D eigenvalue weighted by atomic mass is 9.84. The molecule has 19 heavy (non-hydrogen) atoms. The van der Waals surface area contributed by atoms with E-state index in [1.54, 1.807) is 0 Å². The SMILES string of the molecule is CC(CC(=O)Nc1ccc(I)cc1Cl)CC(C)(C)C. The molecule has 0 saturated heterocycles. The Balaban J connectivity index is 2.56. The Morgan fingerprint density at radius 1 is 1.42 bits per heavy atom. The third-order valence-corrected chi connectivity index (χ3v) is 3.68. The molecule has 1 amide bonds. The van der Waals surface area contributed by atoms with Crippen molar-refractivity contribution in [1.82, 2.24) is 0 Å². The molecule has 106 valence electrons. The molecule has 1 unspecified atom stereocenters. The Labute approximate surface area is 134 Å². The monoisotopic (exact) mass is 393 g/mol. The van der Waals surface area contributed by atoms with Crippen LogP contribution in [0.1, 0.15) is 40.5 Å². The average molecular weight is 394 g/mol. The van der Waals surface area contributed by atoms with Gasteiger partial charge in [0.2, 0.25) is 5.91 Å². The number of amides is 1. The van der Waals surface area contributed by atoms with E-state index in [2.05, 4.69) is 55.6 Å². The Kier molecular flexibility index (Phi) is 6.12. The molecule has 0 aliphatic heterocycles. The summed E-state index contributed by atoms with van der Waals surface area (Å²) in [6, 6.07) is 5.62. The van der Waals surface area contributed by atoms with Crippen LogP contribution in [-0.2, 0) is 4.79 Å². The van der Waals surface area contributed by atoms with E-state index in [-0.39, 0.29) is 11.3 Å². The van der Waals surface area contributed by atoms with Crippen LogP contribution in [0.25, 0.3) is 0 Å². The summed E-state index contributed by atoms with van der Waals surface area (Å²) in [5.41, 5.74) is 0.940. The first-order chi connectivity index (χ1) is 8.67. The van der Waals surface area contributed by atoms with Crippen molar-refractivity contribution in [3.8, 4) is 0 Å². The van der Waals surface area contributed by atoms with E-state index in [0.29, 0.717) is 23.0 Å². The molecule has 0 bridgehead atoms. The molecule has 1 N–H and O–H groups in total. The summed E-state index contributed by atoms with van der Waals surface area (Å²) in [5, 5.41) is 3.47. The highest BCUT2D eigenvalue weighted by molar-refractivity contribution is 14.1. The quantitative estimate of drug-likeness (QED) is 0.687. The molecule has 1 aromatic carbocycles. The summed E-state index contributed by atoms with van der Waals surface area (Å²) in [4.78, 5) is 12.0. The van der Waals surface area contributed by atoms with Crippen LogP contribution in [0.4, 0.5) is 5.69 Å². The van der Waals surface area contributed by atoms with Crippen LogP contribution < -0.4 is 5.32 Å². The van der Waals surface area contributed by atoms with Gasteiger partial charge in [0, 0.05) is 9.99 Å². The number of halogens is 2. The van der Waals surface area contributed by atoms with Gasteiger partial charge in [-0.2, -0.15) is 0 Å². The van der Waals surface area contributed by atoms with E-state index >= 15 is 0 Å². The Morgan fingerprint density at radius 3 is 2.58 bits per heavy atom. The number of carbonyl (C=O) groups excluding carboxylic acids is 1. The van der Waals surface area contributed by atoms with Crippen molar-refractivity contribution in [3.63, 3.8) is 0 Å². The van der Waals surface area contributed by atoms with Crippen LogP contribution in [0.2, 0.25) is 5.02 Å². The van der Waals surface area contributed by atoms with Gasteiger partial charge in [-0.25, -0.2) is 0 Å². The lowest BCUT2D eigenvalue weighted by Gasteiger charge is -2.22. The minimum absolute atomic E-state index is 0.0276. The molecule has 1 aromatic rings. The van der Waals surface area contributed by atoms with Crippen LogP contribution in [0.15, 0.2) is 18.2 Å². The van der Waals surface area contributed by atoms with Crippen molar-refractivity contribution in [3.05, 3.63) is 26.8 Å². The van der Waals surface area contributed by atoms with Crippen molar-refractivity contribution in [1.29, 1.82) is 0 Å². The number of carbonyl (C=O) groups is 1. The van der Waals surface area contributed by atoms with Crippen LogP contribution in [0.5, 0.6) is 0 Å². The van der Waals surface area contributed by atoms with Crippen LogP contribution in [-0.4, -0.2) is 5.91 Å². The summed E-state index contributed by atoms with van der Waals surface area (Å²) >= 11 is 8.29. The number of nitrogens with one attached hydrogen (secondary N) is 1. The Bertz CT molecular complexity index is 454. The predicted octanol–water partition coefficient (Wildman–Crippen LogP) is 5.35. The van der Waals surface area contributed by atoms with Gasteiger partial charge >= 0.3 is 0 Å². The van der Waals surface area contributed by atoms with Gasteiger partial charge in [0.15, 0.2) is 0 Å². The first-order valence-electron chi connectivity index (χ1n) is 6.42. The fourth-order valence-electron chi connectivity index (χ4n) is 2.23. The second kappa shape index (κ2) is 6.93. The average Bonchev–Trinajstić information content (AvgIpc) is 2.19. The normalized spacial score (nSPS) is 13.2. The van der Waals surface area contributed by atoms with Gasteiger partial charge in [0.25, 0.3) is 0 Å². The van der Waals surface area contributed by atoms with E-state index in [1.165, 1.54) is 0 Å². The maximum Gasteiger partial charge on any atom is 0.224 e. The number of anilines is 1. The van der Waals surface area contributed by atoms with Gasteiger partial charge < -0.3 is 5.32 Å². The smallest absolute Gasteiger partial charge is 0.224 e. The van der Waals surface area contributed by atoms with Gasteiger partial charge in [0.1, 0.15) is 0 Å². The molecule has 0 aromatic heterocycles. The topological polar surface area (TPSA) is 29.1 Å². The molecule has 1 rings (SSSR count). The molecule has 2 nitrogen and oxygen atoms in total. The van der Waals surface area contributed by atoms with Crippen LogP contribution in [0, 0.1) is 14.9 Å². The zero-order chi connectivity index (χ0) is 14.6. The van der Waals surface area contributed by atoms with Crippen molar-refractivity contribution in [2.24, 2.45) is 11.3 Å². The van der Waals surface area contributed by atoms with Crippen molar-refractivity contribution < 1.29 is 4.79 Å². The van der Waals surface area contributed by atoms with Crippen molar-refractivity contribution in [2.75, 3.05) is 5.32 Å². The summed E-state index contributed by atoms with van der Waals surface area (Å²) in [6.45, 7) is 8.69. The number of benzene rings is 1.